The molecule has 1 unspecified atom stereocenters. The highest BCUT2D eigenvalue weighted by atomic mass is 16.5. The first kappa shape index (κ1) is 13.6. The van der Waals surface area contributed by atoms with E-state index in [-0.39, 0.29) is 11.8 Å². The quantitative estimate of drug-likeness (QED) is 0.937. The van der Waals surface area contributed by atoms with E-state index in [0.717, 1.165) is 25.2 Å². The average Bonchev–Trinajstić information content (AvgIpc) is 2.93. The van der Waals surface area contributed by atoms with Crippen LogP contribution in [0.4, 0.5) is 11.6 Å². The van der Waals surface area contributed by atoms with Crippen LogP contribution in [-0.2, 0) is 4.79 Å². The number of aryl methyl sites for hydroxylation is 1. The summed E-state index contributed by atoms with van der Waals surface area (Å²) in [6.45, 7) is 3.41. The molecular formula is C15H18N4O2. The van der Waals surface area contributed by atoms with Crippen molar-refractivity contribution < 1.29 is 9.32 Å². The molecule has 110 valence electrons. The summed E-state index contributed by atoms with van der Waals surface area (Å²) < 4.78 is 4.96. The molecule has 1 aliphatic rings. The van der Waals surface area contributed by atoms with Crippen LogP contribution in [0.15, 0.2) is 35.0 Å². The maximum Gasteiger partial charge on any atom is 0.230 e. The number of piperidine rings is 1. The Hall–Kier alpha value is -2.37. The number of rotatable bonds is 3. The average molecular weight is 286 g/mol. The minimum Gasteiger partial charge on any atom is -0.360 e. The first-order valence-corrected chi connectivity index (χ1v) is 7.12. The Kier molecular flexibility index (Phi) is 3.85. The van der Waals surface area contributed by atoms with Gasteiger partial charge in [-0.05, 0) is 31.9 Å². The zero-order valence-corrected chi connectivity index (χ0v) is 12.0. The van der Waals surface area contributed by atoms with Gasteiger partial charge in [0.2, 0.25) is 5.91 Å². The molecule has 0 aromatic carbocycles. The van der Waals surface area contributed by atoms with E-state index in [4.69, 9.17) is 4.52 Å². The van der Waals surface area contributed by atoms with Crippen molar-refractivity contribution >= 4 is 17.5 Å². The highest BCUT2D eigenvalue weighted by molar-refractivity contribution is 5.92. The van der Waals surface area contributed by atoms with E-state index in [1.165, 1.54) is 0 Å². The second kappa shape index (κ2) is 5.95. The number of carbonyl (C=O) groups excluding carboxylic acids is 1. The fourth-order valence-electron chi connectivity index (χ4n) is 2.59. The molecule has 0 radical (unpaired) electrons. The molecule has 1 saturated heterocycles. The summed E-state index contributed by atoms with van der Waals surface area (Å²) >= 11 is 0. The van der Waals surface area contributed by atoms with Gasteiger partial charge in [-0.15, -0.1) is 0 Å². The molecule has 1 amide bonds. The zero-order chi connectivity index (χ0) is 14.7. The van der Waals surface area contributed by atoms with E-state index in [9.17, 15) is 4.79 Å². The van der Waals surface area contributed by atoms with Crippen molar-refractivity contribution in [2.45, 2.75) is 19.8 Å². The van der Waals surface area contributed by atoms with Gasteiger partial charge >= 0.3 is 0 Å². The monoisotopic (exact) mass is 286 g/mol. The molecule has 0 bridgehead atoms. The van der Waals surface area contributed by atoms with Crippen LogP contribution in [0, 0.1) is 12.8 Å². The van der Waals surface area contributed by atoms with Crippen LogP contribution < -0.4 is 10.2 Å². The molecule has 0 saturated carbocycles. The molecule has 1 aliphatic heterocycles. The van der Waals surface area contributed by atoms with Gasteiger partial charge in [-0.25, -0.2) is 4.98 Å². The van der Waals surface area contributed by atoms with Gasteiger partial charge in [-0.3, -0.25) is 4.79 Å². The van der Waals surface area contributed by atoms with Crippen LogP contribution >= 0.6 is 0 Å². The summed E-state index contributed by atoms with van der Waals surface area (Å²) in [4.78, 5) is 18.8. The van der Waals surface area contributed by atoms with Crippen molar-refractivity contribution in [1.82, 2.24) is 10.1 Å². The summed E-state index contributed by atoms with van der Waals surface area (Å²) in [6, 6.07) is 7.55. The predicted octanol–water partition coefficient (Wildman–Crippen LogP) is 2.23. The highest BCUT2D eigenvalue weighted by Gasteiger charge is 2.26. The van der Waals surface area contributed by atoms with Crippen LogP contribution in [0.2, 0.25) is 0 Å². The lowest BCUT2D eigenvalue weighted by atomic mass is 9.97. The Morgan fingerprint density at radius 1 is 1.48 bits per heavy atom. The smallest absolute Gasteiger partial charge is 0.230 e. The molecule has 0 aliphatic carbocycles. The fraction of sp³-hybridized carbons (Fsp3) is 0.400. The number of anilines is 2. The van der Waals surface area contributed by atoms with Gasteiger partial charge in [0.05, 0.1) is 5.92 Å². The lowest BCUT2D eigenvalue weighted by Crippen LogP contribution is -2.41. The van der Waals surface area contributed by atoms with Crippen LogP contribution in [0.25, 0.3) is 0 Å². The normalized spacial score (nSPS) is 18.5. The number of hydrogen-bond acceptors (Lipinski definition) is 5. The molecular weight excluding hydrogens is 268 g/mol. The van der Waals surface area contributed by atoms with Crippen molar-refractivity contribution in [3.63, 3.8) is 0 Å². The van der Waals surface area contributed by atoms with Gasteiger partial charge < -0.3 is 14.7 Å². The first-order valence-electron chi connectivity index (χ1n) is 7.12. The van der Waals surface area contributed by atoms with Crippen molar-refractivity contribution in [2.24, 2.45) is 5.92 Å². The minimum atomic E-state index is -0.0576. The Bertz CT molecular complexity index is 611. The molecule has 1 fully saturated rings. The van der Waals surface area contributed by atoms with Crippen molar-refractivity contribution in [2.75, 3.05) is 23.3 Å². The molecule has 2 aromatic rings. The fourth-order valence-corrected chi connectivity index (χ4v) is 2.59. The largest absolute Gasteiger partial charge is 0.360 e. The number of nitrogens with one attached hydrogen (secondary N) is 1. The summed E-state index contributed by atoms with van der Waals surface area (Å²) in [5.74, 6) is 2.02. The molecule has 1 atom stereocenters. The summed E-state index contributed by atoms with van der Waals surface area (Å²) in [5.41, 5.74) is 0. The van der Waals surface area contributed by atoms with E-state index >= 15 is 0 Å². The Morgan fingerprint density at radius 3 is 3.10 bits per heavy atom. The van der Waals surface area contributed by atoms with Gasteiger partial charge in [-0.1, -0.05) is 11.2 Å². The SMILES string of the molecule is Cc1cc(NC(=O)C2CCCN(c3ccccn3)C2)no1. The van der Waals surface area contributed by atoms with E-state index < -0.39 is 0 Å². The molecule has 0 spiro atoms. The van der Waals surface area contributed by atoms with Gasteiger partial charge in [0.25, 0.3) is 0 Å². The third-order valence-corrected chi connectivity index (χ3v) is 3.64. The van der Waals surface area contributed by atoms with Gasteiger partial charge in [0.15, 0.2) is 5.82 Å². The molecule has 1 N–H and O–H groups in total. The second-order valence-corrected chi connectivity index (χ2v) is 5.29. The van der Waals surface area contributed by atoms with Crippen molar-refractivity contribution in [3.05, 3.63) is 36.2 Å². The Morgan fingerprint density at radius 2 is 2.38 bits per heavy atom. The number of nitrogens with zero attached hydrogens (tertiary/aromatic N) is 3. The van der Waals surface area contributed by atoms with Crippen molar-refractivity contribution in [3.8, 4) is 0 Å². The predicted molar refractivity (Wildman–Crippen MR) is 79.0 cm³/mol. The number of pyridine rings is 1. The van der Waals surface area contributed by atoms with Gasteiger partial charge in [0.1, 0.15) is 11.6 Å². The maximum atomic E-state index is 12.3. The van der Waals surface area contributed by atoms with E-state index in [2.05, 4.69) is 20.4 Å². The molecule has 6 nitrogen and oxygen atoms in total. The molecule has 3 rings (SSSR count). The summed E-state index contributed by atoms with van der Waals surface area (Å²) in [7, 11) is 0. The van der Waals surface area contributed by atoms with Crippen LogP contribution in [0.3, 0.4) is 0 Å². The number of carbonyl (C=O) groups is 1. The third-order valence-electron chi connectivity index (χ3n) is 3.64. The third kappa shape index (κ3) is 3.21. The van der Waals surface area contributed by atoms with Gasteiger partial charge in [-0.2, -0.15) is 0 Å². The molecule has 2 aromatic heterocycles. The summed E-state index contributed by atoms with van der Waals surface area (Å²) in [6.07, 6.45) is 3.63. The Labute approximate surface area is 123 Å². The number of aromatic nitrogens is 2. The molecule has 3 heterocycles. The van der Waals surface area contributed by atoms with Gasteiger partial charge in [0, 0.05) is 25.4 Å². The topological polar surface area (TPSA) is 71.3 Å². The molecule has 6 heteroatoms. The van der Waals surface area contributed by atoms with E-state index in [0.29, 0.717) is 18.1 Å². The standard InChI is InChI=1S/C15H18N4O2/c1-11-9-13(18-21-11)17-15(20)12-5-4-8-19(10-12)14-6-2-3-7-16-14/h2-3,6-7,9,12H,4-5,8,10H2,1H3,(H,17,18,20). The minimum absolute atomic E-state index is 0.0102. The van der Waals surface area contributed by atoms with Crippen LogP contribution in [0.5, 0.6) is 0 Å². The first-order chi connectivity index (χ1) is 10.2. The number of amides is 1. The summed E-state index contributed by atoms with van der Waals surface area (Å²) in [5, 5.41) is 6.61. The van der Waals surface area contributed by atoms with Crippen LogP contribution in [-0.4, -0.2) is 29.1 Å². The van der Waals surface area contributed by atoms with Crippen LogP contribution in [0.1, 0.15) is 18.6 Å². The number of hydrogen-bond donors (Lipinski definition) is 1. The highest BCUT2D eigenvalue weighted by Crippen LogP contribution is 2.22. The zero-order valence-electron chi connectivity index (χ0n) is 12.0. The second-order valence-electron chi connectivity index (χ2n) is 5.29. The Balaban J connectivity index is 1.64. The lowest BCUT2D eigenvalue weighted by Gasteiger charge is -2.32. The molecule has 21 heavy (non-hydrogen) atoms. The van der Waals surface area contributed by atoms with E-state index in [1.807, 2.05) is 18.2 Å². The lowest BCUT2D eigenvalue weighted by molar-refractivity contribution is -0.120. The van der Waals surface area contributed by atoms with E-state index in [1.54, 1.807) is 19.2 Å². The maximum absolute atomic E-state index is 12.3. The van der Waals surface area contributed by atoms with Crippen molar-refractivity contribution in [1.29, 1.82) is 0 Å².